The molecule has 0 aromatic heterocycles. The van der Waals surface area contributed by atoms with Crippen LogP contribution in [0.1, 0.15) is 21.5 Å². The van der Waals surface area contributed by atoms with Crippen molar-refractivity contribution in [3.8, 4) is 5.75 Å². The first kappa shape index (κ1) is 22.6. The Balaban J connectivity index is 1.28. The number of hydrogen-bond acceptors (Lipinski definition) is 3. The van der Waals surface area contributed by atoms with E-state index in [0.717, 1.165) is 24.2 Å². The van der Waals surface area contributed by atoms with Crippen LogP contribution in [-0.4, -0.2) is 41.9 Å². The zero-order valence-corrected chi connectivity index (χ0v) is 19.0. The van der Waals surface area contributed by atoms with Crippen molar-refractivity contribution in [2.75, 3.05) is 26.2 Å². The van der Waals surface area contributed by atoms with Crippen molar-refractivity contribution in [2.24, 2.45) is 0 Å². The molecule has 3 aromatic carbocycles. The van der Waals surface area contributed by atoms with Gasteiger partial charge in [0.15, 0.2) is 0 Å². The molecule has 0 aliphatic carbocycles. The topological polar surface area (TPSA) is 32.8 Å². The summed E-state index contributed by atoms with van der Waals surface area (Å²) >= 11 is 12.0. The molecule has 1 aliphatic rings. The molecule has 0 unspecified atom stereocenters. The number of rotatable bonds is 6. The Hall–Kier alpha value is -2.60. The van der Waals surface area contributed by atoms with E-state index in [4.69, 9.17) is 27.9 Å². The number of ether oxygens (including phenoxy) is 1. The second-order valence-corrected chi connectivity index (χ2v) is 8.60. The molecule has 0 saturated carbocycles. The number of nitrogens with zero attached hydrogens (tertiary/aromatic N) is 2. The normalized spacial score (nSPS) is 14.4. The van der Waals surface area contributed by atoms with Crippen LogP contribution in [0.5, 0.6) is 5.75 Å². The molecule has 0 bridgehead atoms. The molecule has 1 fully saturated rings. The summed E-state index contributed by atoms with van der Waals surface area (Å²) in [6.07, 6.45) is 0. The highest BCUT2D eigenvalue weighted by molar-refractivity contribution is 6.35. The van der Waals surface area contributed by atoms with Crippen LogP contribution in [0.3, 0.4) is 0 Å². The summed E-state index contributed by atoms with van der Waals surface area (Å²) in [5.74, 6) is 0.359. The van der Waals surface area contributed by atoms with E-state index in [2.05, 4.69) is 4.90 Å². The van der Waals surface area contributed by atoms with Crippen LogP contribution >= 0.6 is 23.2 Å². The van der Waals surface area contributed by atoms with E-state index in [1.165, 1.54) is 6.07 Å². The van der Waals surface area contributed by atoms with Crippen molar-refractivity contribution in [1.82, 2.24) is 9.80 Å². The smallest absolute Gasteiger partial charge is 0.253 e. The average molecular weight is 473 g/mol. The highest BCUT2D eigenvalue weighted by Crippen LogP contribution is 2.28. The lowest BCUT2D eigenvalue weighted by molar-refractivity contribution is 0.0628. The van der Waals surface area contributed by atoms with Crippen molar-refractivity contribution in [3.05, 3.63) is 99.3 Å². The average Bonchev–Trinajstić information content (AvgIpc) is 2.79. The zero-order chi connectivity index (χ0) is 22.5. The summed E-state index contributed by atoms with van der Waals surface area (Å²) in [5, 5.41) is 1.01. The van der Waals surface area contributed by atoms with Gasteiger partial charge in [0.1, 0.15) is 18.2 Å². The molecule has 1 aliphatic heterocycles. The van der Waals surface area contributed by atoms with Gasteiger partial charge in [-0.15, -0.1) is 0 Å². The SMILES string of the molecule is O=C(c1ccc(COc2ccc(Cl)cc2Cl)cc1)N1CCN(Cc2cccc(F)c2)CC1. The van der Waals surface area contributed by atoms with Crippen LogP contribution < -0.4 is 4.74 Å². The predicted octanol–water partition coefficient (Wildman–Crippen LogP) is 5.67. The molecule has 0 radical (unpaired) electrons. The first-order valence-electron chi connectivity index (χ1n) is 10.4. The first-order valence-corrected chi connectivity index (χ1v) is 11.2. The standard InChI is InChI=1S/C25H23Cl2FN2O2/c26-21-8-9-24(23(27)15-21)32-17-18-4-6-20(7-5-18)25(31)30-12-10-29(11-13-30)16-19-2-1-3-22(28)14-19/h1-9,14-15H,10-13,16-17H2. The molecule has 7 heteroatoms. The molecular formula is C25H23Cl2FN2O2. The number of piperazine rings is 1. The molecule has 32 heavy (non-hydrogen) atoms. The largest absolute Gasteiger partial charge is 0.487 e. The van der Waals surface area contributed by atoms with E-state index in [9.17, 15) is 9.18 Å². The highest BCUT2D eigenvalue weighted by atomic mass is 35.5. The highest BCUT2D eigenvalue weighted by Gasteiger charge is 2.22. The lowest BCUT2D eigenvalue weighted by atomic mass is 10.1. The minimum Gasteiger partial charge on any atom is -0.487 e. The fraction of sp³-hybridized carbons (Fsp3) is 0.240. The molecule has 4 nitrogen and oxygen atoms in total. The van der Waals surface area contributed by atoms with E-state index >= 15 is 0 Å². The van der Waals surface area contributed by atoms with Crippen molar-refractivity contribution in [1.29, 1.82) is 0 Å². The number of halogens is 3. The van der Waals surface area contributed by atoms with Gasteiger partial charge >= 0.3 is 0 Å². The Kier molecular flexibility index (Phi) is 7.30. The van der Waals surface area contributed by atoms with Crippen molar-refractivity contribution in [2.45, 2.75) is 13.2 Å². The van der Waals surface area contributed by atoms with Crippen molar-refractivity contribution < 1.29 is 13.9 Å². The van der Waals surface area contributed by atoms with Gasteiger partial charge in [-0.05, 0) is 53.6 Å². The van der Waals surface area contributed by atoms with Gasteiger partial charge in [-0.1, -0.05) is 47.5 Å². The zero-order valence-electron chi connectivity index (χ0n) is 17.4. The van der Waals surface area contributed by atoms with Crippen molar-refractivity contribution >= 4 is 29.1 Å². The van der Waals surface area contributed by atoms with Crippen molar-refractivity contribution in [3.63, 3.8) is 0 Å². The predicted molar refractivity (Wildman–Crippen MR) is 125 cm³/mol. The second-order valence-electron chi connectivity index (χ2n) is 7.76. The number of amides is 1. The maximum atomic E-state index is 13.4. The van der Waals surface area contributed by atoms with Gasteiger partial charge in [0.2, 0.25) is 0 Å². The first-order chi connectivity index (χ1) is 15.5. The summed E-state index contributed by atoms with van der Waals surface area (Å²) < 4.78 is 19.1. The van der Waals surface area contributed by atoms with Crippen LogP contribution in [0.15, 0.2) is 66.7 Å². The third kappa shape index (κ3) is 5.80. The minimum atomic E-state index is -0.221. The van der Waals surface area contributed by atoms with Gasteiger partial charge in [-0.25, -0.2) is 4.39 Å². The van der Waals surface area contributed by atoms with Gasteiger partial charge in [-0.2, -0.15) is 0 Å². The quantitative estimate of drug-likeness (QED) is 0.463. The summed E-state index contributed by atoms with van der Waals surface area (Å²) in [6, 6.07) is 19.2. The van der Waals surface area contributed by atoms with Crippen LogP contribution in [0.2, 0.25) is 10.0 Å². The lowest BCUT2D eigenvalue weighted by Gasteiger charge is -2.34. The van der Waals surface area contributed by atoms with Gasteiger partial charge in [0.25, 0.3) is 5.91 Å². The third-order valence-electron chi connectivity index (χ3n) is 5.44. The van der Waals surface area contributed by atoms with E-state index in [-0.39, 0.29) is 11.7 Å². The maximum absolute atomic E-state index is 13.4. The molecule has 0 N–H and O–H groups in total. The summed E-state index contributed by atoms with van der Waals surface area (Å²) in [6.45, 7) is 3.84. The molecule has 3 aromatic rings. The Morgan fingerprint density at radius 3 is 2.34 bits per heavy atom. The van der Waals surface area contributed by atoms with Gasteiger partial charge in [0.05, 0.1) is 5.02 Å². The summed E-state index contributed by atoms with van der Waals surface area (Å²) in [5.41, 5.74) is 2.53. The fourth-order valence-electron chi connectivity index (χ4n) is 3.68. The van der Waals surface area contributed by atoms with E-state index in [1.807, 2.05) is 35.2 Å². The number of benzene rings is 3. The van der Waals surface area contributed by atoms with E-state index in [1.54, 1.807) is 30.3 Å². The van der Waals surface area contributed by atoms with Gasteiger partial charge in [0, 0.05) is 43.3 Å². The van der Waals surface area contributed by atoms with Gasteiger partial charge in [-0.3, -0.25) is 9.69 Å². The number of hydrogen-bond donors (Lipinski definition) is 0. The van der Waals surface area contributed by atoms with Crippen LogP contribution in [0, 0.1) is 5.82 Å². The molecule has 4 rings (SSSR count). The molecular weight excluding hydrogens is 450 g/mol. The Labute approximate surface area is 197 Å². The monoisotopic (exact) mass is 472 g/mol. The second kappa shape index (κ2) is 10.3. The molecule has 0 atom stereocenters. The Morgan fingerprint density at radius 2 is 1.66 bits per heavy atom. The third-order valence-corrected chi connectivity index (χ3v) is 5.97. The minimum absolute atomic E-state index is 0.0172. The van der Waals surface area contributed by atoms with Crippen LogP contribution in [0.25, 0.3) is 0 Å². The summed E-state index contributed by atoms with van der Waals surface area (Å²) in [7, 11) is 0. The molecule has 1 heterocycles. The summed E-state index contributed by atoms with van der Waals surface area (Å²) in [4.78, 5) is 17.0. The maximum Gasteiger partial charge on any atom is 0.253 e. The molecule has 1 amide bonds. The van der Waals surface area contributed by atoms with Gasteiger partial charge < -0.3 is 9.64 Å². The van der Waals surface area contributed by atoms with E-state index < -0.39 is 0 Å². The van der Waals surface area contributed by atoms with E-state index in [0.29, 0.717) is 47.6 Å². The fourth-order valence-corrected chi connectivity index (χ4v) is 4.15. The molecule has 1 saturated heterocycles. The lowest BCUT2D eigenvalue weighted by Crippen LogP contribution is -2.48. The van der Waals surface area contributed by atoms with Crippen LogP contribution in [-0.2, 0) is 13.2 Å². The molecule has 0 spiro atoms. The molecule has 166 valence electrons. The number of carbonyl (C=O) groups is 1. The number of carbonyl (C=O) groups excluding carboxylic acids is 1. The van der Waals surface area contributed by atoms with Crippen LogP contribution in [0.4, 0.5) is 4.39 Å². The Bertz CT molecular complexity index is 1080. The Morgan fingerprint density at radius 1 is 0.906 bits per heavy atom.